The maximum absolute atomic E-state index is 11.5. The third kappa shape index (κ3) is 8.92. The van der Waals surface area contributed by atoms with E-state index in [1.807, 2.05) is 7.05 Å². The van der Waals surface area contributed by atoms with Crippen LogP contribution in [0.4, 0.5) is 0 Å². The molecule has 0 atom stereocenters. The summed E-state index contributed by atoms with van der Waals surface area (Å²) in [4.78, 5) is 11.5. The van der Waals surface area contributed by atoms with Crippen LogP contribution in [0.3, 0.4) is 0 Å². The molecule has 0 spiro atoms. The van der Waals surface area contributed by atoms with Crippen LogP contribution >= 0.6 is 24.2 Å². The lowest BCUT2D eigenvalue weighted by atomic mass is 10.2. The highest BCUT2D eigenvalue weighted by atomic mass is 35.5. The van der Waals surface area contributed by atoms with Crippen LogP contribution in [0.15, 0.2) is 24.3 Å². The van der Waals surface area contributed by atoms with Crippen molar-refractivity contribution in [2.75, 3.05) is 25.9 Å². The first-order valence-electron chi connectivity index (χ1n) is 6.27. The van der Waals surface area contributed by atoms with Gasteiger partial charge in [0.05, 0.1) is 5.75 Å². The van der Waals surface area contributed by atoms with E-state index in [4.69, 9.17) is 0 Å². The van der Waals surface area contributed by atoms with Crippen LogP contribution in [0.25, 0.3) is 0 Å². The Bertz CT molecular complexity index is 374. The molecule has 108 valence electrons. The number of amides is 1. The molecule has 0 aliphatic heterocycles. The number of carbonyl (C=O) groups excluding carboxylic acids is 1. The Hall–Kier alpha value is -0.710. The first-order valence-corrected chi connectivity index (χ1v) is 7.42. The Morgan fingerprint density at radius 2 is 2.11 bits per heavy atom. The van der Waals surface area contributed by atoms with Crippen LogP contribution in [-0.4, -0.2) is 31.8 Å². The van der Waals surface area contributed by atoms with Crippen LogP contribution in [0, 0.1) is 6.92 Å². The lowest BCUT2D eigenvalue weighted by molar-refractivity contribution is -0.118. The van der Waals surface area contributed by atoms with Gasteiger partial charge in [-0.3, -0.25) is 4.79 Å². The molecule has 3 nitrogen and oxygen atoms in total. The maximum atomic E-state index is 11.5. The van der Waals surface area contributed by atoms with Crippen LogP contribution in [0.1, 0.15) is 17.5 Å². The van der Waals surface area contributed by atoms with Gasteiger partial charge in [0, 0.05) is 12.3 Å². The summed E-state index contributed by atoms with van der Waals surface area (Å²) in [5.41, 5.74) is 2.55. The van der Waals surface area contributed by atoms with Gasteiger partial charge in [-0.1, -0.05) is 29.8 Å². The summed E-state index contributed by atoms with van der Waals surface area (Å²) in [6, 6.07) is 8.41. The maximum Gasteiger partial charge on any atom is 0.230 e. The summed E-state index contributed by atoms with van der Waals surface area (Å²) < 4.78 is 0. The van der Waals surface area contributed by atoms with Gasteiger partial charge in [0.15, 0.2) is 0 Å². The Labute approximate surface area is 126 Å². The van der Waals surface area contributed by atoms with E-state index < -0.39 is 0 Å². The number of benzene rings is 1. The van der Waals surface area contributed by atoms with Gasteiger partial charge in [0.1, 0.15) is 0 Å². The highest BCUT2D eigenvalue weighted by Crippen LogP contribution is 2.13. The molecule has 1 rings (SSSR count). The molecule has 0 fully saturated rings. The first-order chi connectivity index (χ1) is 8.72. The molecule has 0 saturated heterocycles. The number of hydrogen-bond donors (Lipinski definition) is 2. The minimum atomic E-state index is 0. The molecular weight excluding hydrogens is 280 g/mol. The van der Waals surface area contributed by atoms with Crippen molar-refractivity contribution >= 4 is 30.1 Å². The first kappa shape index (κ1) is 18.3. The van der Waals surface area contributed by atoms with E-state index in [0.29, 0.717) is 5.75 Å². The van der Waals surface area contributed by atoms with E-state index in [0.717, 1.165) is 25.3 Å². The predicted octanol–water partition coefficient (Wildman–Crippen LogP) is 2.38. The van der Waals surface area contributed by atoms with E-state index >= 15 is 0 Å². The summed E-state index contributed by atoms with van der Waals surface area (Å²) in [5.74, 6) is 1.56. The molecule has 2 N–H and O–H groups in total. The SMILES string of the molecule is CNCCCNC(=O)CSCc1cccc(C)c1.Cl. The topological polar surface area (TPSA) is 41.1 Å². The van der Waals surface area contributed by atoms with Crippen molar-refractivity contribution < 1.29 is 4.79 Å². The van der Waals surface area contributed by atoms with Gasteiger partial charge in [-0.15, -0.1) is 24.2 Å². The summed E-state index contributed by atoms with van der Waals surface area (Å²) in [5, 5.41) is 5.97. The molecule has 19 heavy (non-hydrogen) atoms. The number of rotatable bonds is 8. The van der Waals surface area contributed by atoms with Gasteiger partial charge in [-0.2, -0.15) is 0 Å². The lowest BCUT2D eigenvalue weighted by Gasteiger charge is -2.05. The normalized spacial score (nSPS) is 9.79. The third-order valence-electron chi connectivity index (χ3n) is 2.51. The molecule has 0 saturated carbocycles. The molecule has 1 aromatic rings. The fourth-order valence-corrected chi connectivity index (χ4v) is 2.41. The summed E-state index contributed by atoms with van der Waals surface area (Å²) in [6.45, 7) is 3.78. The van der Waals surface area contributed by atoms with E-state index in [-0.39, 0.29) is 18.3 Å². The number of aryl methyl sites for hydroxylation is 1. The molecule has 0 aromatic heterocycles. The van der Waals surface area contributed by atoms with Crippen molar-refractivity contribution in [1.29, 1.82) is 0 Å². The fraction of sp³-hybridized carbons (Fsp3) is 0.500. The molecule has 0 aliphatic rings. The molecule has 0 bridgehead atoms. The van der Waals surface area contributed by atoms with E-state index in [1.54, 1.807) is 11.8 Å². The minimum absolute atomic E-state index is 0. The summed E-state index contributed by atoms with van der Waals surface area (Å²) in [7, 11) is 1.92. The van der Waals surface area contributed by atoms with Gasteiger partial charge in [-0.25, -0.2) is 0 Å². The zero-order chi connectivity index (χ0) is 13.2. The van der Waals surface area contributed by atoms with Crippen molar-refractivity contribution in [3.63, 3.8) is 0 Å². The molecule has 0 aliphatic carbocycles. The van der Waals surface area contributed by atoms with E-state index in [2.05, 4.69) is 41.8 Å². The zero-order valence-electron chi connectivity index (χ0n) is 11.6. The quantitative estimate of drug-likeness (QED) is 0.725. The molecule has 5 heteroatoms. The Morgan fingerprint density at radius 3 is 2.79 bits per heavy atom. The Balaban J connectivity index is 0.00000324. The van der Waals surface area contributed by atoms with Crippen molar-refractivity contribution in [3.8, 4) is 0 Å². The number of hydrogen-bond acceptors (Lipinski definition) is 3. The van der Waals surface area contributed by atoms with Crippen molar-refractivity contribution in [2.45, 2.75) is 19.1 Å². The van der Waals surface area contributed by atoms with Crippen LogP contribution in [-0.2, 0) is 10.5 Å². The molecule has 1 amide bonds. The lowest BCUT2D eigenvalue weighted by Crippen LogP contribution is -2.28. The van der Waals surface area contributed by atoms with Crippen LogP contribution in [0.2, 0.25) is 0 Å². The standard InChI is InChI=1S/C14H22N2OS.ClH/c1-12-5-3-6-13(9-12)10-18-11-14(17)16-8-4-7-15-2;/h3,5-6,9,15H,4,7-8,10-11H2,1-2H3,(H,16,17);1H. The van der Waals surface area contributed by atoms with Gasteiger partial charge in [0.2, 0.25) is 5.91 Å². The Kier molecular flexibility index (Phi) is 10.7. The van der Waals surface area contributed by atoms with Gasteiger partial charge >= 0.3 is 0 Å². The largest absolute Gasteiger partial charge is 0.355 e. The monoisotopic (exact) mass is 302 g/mol. The highest BCUT2D eigenvalue weighted by Gasteiger charge is 2.01. The second-order valence-corrected chi connectivity index (χ2v) is 5.27. The van der Waals surface area contributed by atoms with Crippen molar-refractivity contribution in [2.24, 2.45) is 0 Å². The van der Waals surface area contributed by atoms with Crippen LogP contribution < -0.4 is 10.6 Å². The zero-order valence-corrected chi connectivity index (χ0v) is 13.2. The van der Waals surface area contributed by atoms with E-state index in [9.17, 15) is 4.79 Å². The molecule has 0 heterocycles. The third-order valence-corrected chi connectivity index (χ3v) is 3.51. The second kappa shape index (κ2) is 11.1. The number of halogens is 1. The van der Waals surface area contributed by atoms with E-state index in [1.165, 1.54) is 11.1 Å². The fourth-order valence-electron chi connectivity index (χ4n) is 1.61. The summed E-state index contributed by atoms with van der Waals surface area (Å²) in [6.07, 6.45) is 0.977. The molecule has 0 radical (unpaired) electrons. The Morgan fingerprint density at radius 1 is 1.32 bits per heavy atom. The van der Waals surface area contributed by atoms with Crippen LogP contribution in [0.5, 0.6) is 0 Å². The molecule has 1 aromatic carbocycles. The number of carbonyl (C=O) groups is 1. The summed E-state index contributed by atoms with van der Waals surface area (Å²) >= 11 is 1.66. The number of thioether (sulfide) groups is 1. The van der Waals surface area contributed by atoms with Crippen molar-refractivity contribution in [3.05, 3.63) is 35.4 Å². The van der Waals surface area contributed by atoms with Crippen molar-refractivity contribution in [1.82, 2.24) is 10.6 Å². The van der Waals surface area contributed by atoms with Gasteiger partial charge in [0.25, 0.3) is 0 Å². The second-order valence-electron chi connectivity index (χ2n) is 4.29. The average Bonchev–Trinajstić information content (AvgIpc) is 2.35. The minimum Gasteiger partial charge on any atom is -0.355 e. The number of nitrogens with one attached hydrogen (secondary N) is 2. The van der Waals surface area contributed by atoms with Gasteiger partial charge in [-0.05, 0) is 32.5 Å². The average molecular weight is 303 g/mol. The predicted molar refractivity (Wildman–Crippen MR) is 86.1 cm³/mol. The molecular formula is C14H23ClN2OS. The smallest absolute Gasteiger partial charge is 0.230 e. The highest BCUT2D eigenvalue weighted by molar-refractivity contribution is 7.99. The molecule has 0 unspecified atom stereocenters. The van der Waals surface area contributed by atoms with Gasteiger partial charge < -0.3 is 10.6 Å².